The molecule has 0 saturated heterocycles. The summed E-state index contributed by atoms with van der Waals surface area (Å²) >= 11 is 0. The van der Waals surface area contributed by atoms with Crippen molar-refractivity contribution in [3.63, 3.8) is 0 Å². The van der Waals surface area contributed by atoms with E-state index in [1.165, 1.54) is 15.9 Å². The zero-order valence-electron chi connectivity index (χ0n) is 11.8. The minimum Gasteiger partial charge on any atom is -0.121 e. The van der Waals surface area contributed by atoms with Crippen molar-refractivity contribution in [2.24, 2.45) is 0 Å². The zero-order chi connectivity index (χ0) is 14.5. The fourth-order valence-electron chi connectivity index (χ4n) is 2.68. The van der Waals surface area contributed by atoms with Crippen LogP contribution in [-0.4, -0.2) is 5.45 Å². The van der Waals surface area contributed by atoms with Gasteiger partial charge >= 0.3 is 0 Å². The number of hydrogen-bond donors (Lipinski definition) is 0. The molecular formula is C20H17P. The van der Waals surface area contributed by atoms with E-state index in [2.05, 4.69) is 103 Å². The molecule has 0 aliphatic rings. The Morgan fingerprint density at radius 1 is 0.524 bits per heavy atom. The molecule has 0 saturated carbocycles. The second-order valence-electron chi connectivity index (χ2n) is 4.84. The fraction of sp³-hybridized carbons (Fsp3) is 0. The van der Waals surface area contributed by atoms with Crippen molar-refractivity contribution in [1.82, 2.24) is 0 Å². The Morgan fingerprint density at radius 2 is 0.810 bits per heavy atom. The average molecular weight is 288 g/mol. The molecule has 3 aromatic carbocycles. The highest BCUT2D eigenvalue weighted by Crippen LogP contribution is 2.42. The molecule has 0 amide bonds. The van der Waals surface area contributed by atoms with E-state index in [9.17, 15) is 0 Å². The molecule has 21 heavy (non-hydrogen) atoms. The van der Waals surface area contributed by atoms with Crippen LogP contribution >= 0.6 is 6.89 Å². The molecular weight excluding hydrogens is 271 g/mol. The van der Waals surface area contributed by atoms with Gasteiger partial charge in [0.2, 0.25) is 0 Å². The third-order valence-corrected chi connectivity index (χ3v) is 7.36. The van der Waals surface area contributed by atoms with Crippen LogP contribution < -0.4 is 15.9 Å². The highest BCUT2D eigenvalue weighted by atomic mass is 31.2. The van der Waals surface area contributed by atoms with E-state index in [0.717, 1.165) is 0 Å². The van der Waals surface area contributed by atoms with Gasteiger partial charge in [-0.3, -0.25) is 0 Å². The normalized spacial score (nSPS) is 10.9. The Labute approximate surface area is 126 Å². The molecule has 0 atom stereocenters. The first-order valence-electron chi connectivity index (χ1n) is 6.98. The summed E-state index contributed by atoms with van der Waals surface area (Å²) in [7, 11) is 0. The molecule has 1 heteroatoms. The molecule has 3 rings (SSSR count). The van der Waals surface area contributed by atoms with Crippen LogP contribution in [0.3, 0.4) is 0 Å². The lowest BCUT2D eigenvalue weighted by Gasteiger charge is -2.25. The summed E-state index contributed by atoms with van der Waals surface area (Å²) in [5, 5.41) is 3.87. The van der Waals surface area contributed by atoms with Gasteiger partial charge in [-0.2, -0.15) is 0 Å². The largest absolute Gasteiger partial charge is 0.121 e. The first-order valence-corrected chi connectivity index (χ1v) is 8.77. The molecule has 0 heterocycles. The first kappa shape index (κ1) is 13.7. The second kappa shape index (κ2) is 6.02. The molecule has 3 aromatic rings. The lowest BCUT2D eigenvalue weighted by Crippen LogP contribution is -2.25. The van der Waals surface area contributed by atoms with E-state index in [0.29, 0.717) is 0 Å². The second-order valence-corrected chi connectivity index (χ2v) is 8.04. The third-order valence-electron chi connectivity index (χ3n) is 3.67. The smallest absolute Gasteiger partial charge is 0.0162 e. The molecule has 0 bridgehead atoms. The summed E-state index contributed by atoms with van der Waals surface area (Å²) in [6.45, 7) is 2.19. The molecule has 0 fully saturated rings. The maximum absolute atomic E-state index is 4.09. The predicted molar refractivity (Wildman–Crippen MR) is 95.8 cm³/mol. The van der Waals surface area contributed by atoms with Crippen molar-refractivity contribution in [2.75, 3.05) is 0 Å². The van der Waals surface area contributed by atoms with Crippen molar-refractivity contribution in [2.45, 2.75) is 0 Å². The molecule has 0 aromatic heterocycles. The van der Waals surface area contributed by atoms with Crippen LogP contribution in [0.15, 0.2) is 97.6 Å². The predicted octanol–water partition coefficient (Wildman–Crippen LogP) is 3.57. The maximum atomic E-state index is 4.09. The van der Waals surface area contributed by atoms with Gasteiger partial charge in [0.05, 0.1) is 0 Å². The minimum atomic E-state index is -1.90. The Kier molecular flexibility index (Phi) is 3.93. The zero-order valence-corrected chi connectivity index (χ0v) is 12.7. The van der Waals surface area contributed by atoms with Gasteiger partial charge in [0.15, 0.2) is 0 Å². The number of hydrogen-bond acceptors (Lipinski definition) is 0. The van der Waals surface area contributed by atoms with Crippen molar-refractivity contribution >= 4 is 28.3 Å². The fourth-order valence-corrected chi connectivity index (χ4v) is 5.98. The van der Waals surface area contributed by atoms with Crippen LogP contribution in [0.4, 0.5) is 0 Å². The molecule has 102 valence electrons. The van der Waals surface area contributed by atoms with Gasteiger partial charge in [-0.25, -0.2) is 0 Å². The van der Waals surface area contributed by atoms with Crippen LogP contribution in [0.5, 0.6) is 0 Å². The SMILES string of the molecule is C=C=P(c1ccccc1)(c1ccccc1)c1ccccc1. The third kappa shape index (κ3) is 2.41. The molecule has 0 spiro atoms. The van der Waals surface area contributed by atoms with Gasteiger partial charge in [-0.15, -0.1) is 5.45 Å². The number of rotatable bonds is 3. The Morgan fingerprint density at radius 3 is 1.05 bits per heavy atom. The highest BCUT2D eigenvalue weighted by Gasteiger charge is 2.23. The quantitative estimate of drug-likeness (QED) is 0.646. The molecule has 0 radical (unpaired) electrons. The summed E-state index contributed by atoms with van der Waals surface area (Å²) in [5.41, 5.74) is 3.43. The van der Waals surface area contributed by atoms with Crippen LogP contribution in [0.1, 0.15) is 0 Å². The molecule has 0 N–H and O–H groups in total. The van der Waals surface area contributed by atoms with Crippen molar-refractivity contribution in [3.8, 4) is 0 Å². The average Bonchev–Trinajstić information content (AvgIpc) is 2.59. The van der Waals surface area contributed by atoms with Crippen LogP contribution in [0, 0.1) is 0 Å². The minimum absolute atomic E-state index is 1.29. The van der Waals surface area contributed by atoms with Gasteiger partial charge < -0.3 is 0 Å². The summed E-state index contributed by atoms with van der Waals surface area (Å²) in [6.07, 6.45) is 0. The summed E-state index contributed by atoms with van der Waals surface area (Å²) in [5.74, 6) is 0. The lowest BCUT2D eigenvalue weighted by molar-refractivity contribution is 1.73. The molecule has 0 unspecified atom stereocenters. The summed E-state index contributed by atoms with van der Waals surface area (Å²) in [6, 6.07) is 31.8. The van der Waals surface area contributed by atoms with Gasteiger partial charge in [0, 0.05) is 6.89 Å². The van der Waals surface area contributed by atoms with E-state index in [1.807, 2.05) is 0 Å². The Balaban J connectivity index is 2.38. The van der Waals surface area contributed by atoms with Crippen molar-refractivity contribution in [1.29, 1.82) is 0 Å². The molecule has 0 aliphatic carbocycles. The summed E-state index contributed by atoms with van der Waals surface area (Å²) in [4.78, 5) is 0. The van der Waals surface area contributed by atoms with E-state index >= 15 is 0 Å². The molecule has 0 aliphatic heterocycles. The van der Waals surface area contributed by atoms with Crippen LogP contribution in [0.2, 0.25) is 0 Å². The Hall–Kier alpha value is -2.26. The van der Waals surface area contributed by atoms with Crippen LogP contribution in [0.25, 0.3) is 0 Å². The van der Waals surface area contributed by atoms with E-state index in [-0.39, 0.29) is 0 Å². The van der Waals surface area contributed by atoms with Gasteiger partial charge in [0.25, 0.3) is 0 Å². The first-order chi connectivity index (χ1) is 10.4. The molecule has 0 nitrogen and oxygen atoms in total. The van der Waals surface area contributed by atoms with E-state index in [1.54, 1.807) is 0 Å². The van der Waals surface area contributed by atoms with Crippen molar-refractivity contribution < 1.29 is 0 Å². The van der Waals surface area contributed by atoms with E-state index < -0.39 is 6.89 Å². The summed E-state index contributed by atoms with van der Waals surface area (Å²) < 4.78 is 0. The topological polar surface area (TPSA) is 0 Å². The lowest BCUT2D eigenvalue weighted by atomic mass is 10.4. The Bertz CT molecular complexity index is 680. The van der Waals surface area contributed by atoms with Gasteiger partial charge in [-0.1, -0.05) is 97.6 Å². The standard InChI is InChI=1S/C20H17P/c1-2-21(18-12-6-3-7-13-18,19-14-8-4-9-15-19)20-16-10-5-11-17-20/h3-17H,1H2. The monoisotopic (exact) mass is 288 g/mol. The van der Waals surface area contributed by atoms with Gasteiger partial charge in [0.1, 0.15) is 0 Å². The highest BCUT2D eigenvalue weighted by molar-refractivity contribution is 7.94. The van der Waals surface area contributed by atoms with E-state index in [4.69, 9.17) is 0 Å². The van der Waals surface area contributed by atoms with Gasteiger partial charge in [-0.05, 0) is 15.9 Å². The maximum Gasteiger partial charge on any atom is 0.0162 e. The number of benzene rings is 3. The van der Waals surface area contributed by atoms with Crippen molar-refractivity contribution in [3.05, 3.63) is 97.6 Å². The van der Waals surface area contributed by atoms with Crippen LogP contribution in [-0.2, 0) is 0 Å².